The van der Waals surface area contributed by atoms with Crippen LogP contribution in [0.15, 0.2) is 4.90 Å². The molecule has 1 aromatic carbocycles. The third-order valence-electron chi connectivity index (χ3n) is 5.14. The van der Waals surface area contributed by atoms with Crippen LogP contribution in [0.25, 0.3) is 9.40 Å². The topological polar surface area (TPSA) is 0 Å². The molecular formula is C17H24S4. The normalized spacial score (nSPS) is 15.9. The minimum absolute atomic E-state index is 0.287. The lowest BCUT2D eigenvalue weighted by Crippen LogP contribution is -2.22. The molecule has 0 nitrogen and oxygen atoms in total. The van der Waals surface area contributed by atoms with E-state index in [0.717, 1.165) is 0 Å². The van der Waals surface area contributed by atoms with Crippen LogP contribution in [0.3, 0.4) is 0 Å². The maximum absolute atomic E-state index is 2.42. The molecule has 3 rings (SSSR count). The van der Waals surface area contributed by atoms with Gasteiger partial charge in [-0.25, -0.2) is 0 Å². The predicted molar refractivity (Wildman–Crippen MR) is 103 cm³/mol. The van der Waals surface area contributed by atoms with Crippen molar-refractivity contribution >= 4 is 51.7 Å². The van der Waals surface area contributed by atoms with Crippen LogP contribution in [0.1, 0.15) is 71.1 Å². The van der Waals surface area contributed by atoms with E-state index in [9.17, 15) is 0 Å². The Morgan fingerprint density at radius 2 is 1.38 bits per heavy atom. The van der Waals surface area contributed by atoms with Gasteiger partial charge in [-0.05, 0) is 40.4 Å². The van der Waals surface area contributed by atoms with Gasteiger partial charge in [0.25, 0.3) is 0 Å². The van der Waals surface area contributed by atoms with E-state index in [2.05, 4.69) is 41.5 Å². The fraction of sp³-hybridized carbons (Fsp3) is 0.647. The smallest absolute Gasteiger partial charge is 0.0609 e. The fourth-order valence-electron chi connectivity index (χ4n) is 3.00. The number of hydrogen-bond acceptors (Lipinski definition) is 4. The summed E-state index contributed by atoms with van der Waals surface area (Å²) in [5.41, 5.74) is 5.54. The summed E-state index contributed by atoms with van der Waals surface area (Å²) in [5.74, 6) is 1.18. The van der Waals surface area contributed by atoms with Crippen LogP contribution in [0.4, 0.5) is 0 Å². The molecule has 1 aromatic heterocycles. The number of rotatable bonds is 4. The van der Waals surface area contributed by atoms with Crippen molar-refractivity contribution in [1.82, 2.24) is 0 Å². The first kappa shape index (κ1) is 16.2. The molecule has 1 aliphatic rings. The highest BCUT2D eigenvalue weighted by atomic mass is 33.1. The monoisotopic (exact) mass is 356 g/mol. The van der Waals surface area contributed by atoms with Crippen LogP contribution < -0.4 is 0 Å². The van der Waals surface area contributed by atoms with Gasteiger partial charge in [-0.2, -0.15) is 0 Å². The lowest BCUT2D eigenvalue weighted by molar-refractivity contribution is 0.492. The van der Waals surface area contributed by atoms with Crippen molar-refractivity contribution in [3.8, 4) is 0 Å². The highest BCUT2D eigenvalue weighted by molar-refractivity contribution is 8.76. The molecule has 0 saturated heterocycles. The van der Waals surface area contributed by atoms with Crippen molar-refractivity contribution < 1.29 is 0 Å². The van der Waals surface area contributed by atoms with Gasteiger partial charge >= 0.3 is 0 Å². The van der Waals surface area contributed by atoms with Gasteiger partial charge in [0.15, 0.2) is 0 Å². The van der Waals surface area contributed by atoms with Crippen LogP contribution in [-0.4, -0.2) is 0 Å². The second-order valence-electron chi connectivity index (χ2n) is 7.20. The quantitative estimate of drug-likeness (QED) is 0.517. The van der Waals surface area contributed by atoms with Gasteiger partial charge in [-0.3, -0.25) is 0 Å². The molecule has 0 saturated carbocycles. The second kappa shape index (κ2) is 5.47. The Hall–Kier alpha value is 0.360. The summed E-state index contributed by atoms with van der Waals surface area (Å²) in [6.45, 7) is 14.3. The first-order valence-corrected chi connectivity index (χ1v) is 12.2. The highest BCUT2D eigenvalue weighted by Gasteiger charge is 2.36. The molecule has 0 atom stereocenters. The third kappa shape index (κ3) is 2.41. The van der Waals surface area contributed by atoms with Gasteiger partial charge < -0.3 is 0 Å². The summed E-state index contributed by atoms with van der Waals surface area (Å²) in [4.78, 5) is 1.61. The first-order valence-electron chi connectivity index (χ1n) is 7.71. The average Bonchev–Trinajstić information content (AvgIpc) is 2.87. The number of fused-ring (bicyclic) bond motifs is 2. The Bertz CT molecular complexity index is 615. The maximum atomic E-state index is 2.42. The van der Waals surface area contributed by atoms with Crippen molar-refractivity contribution in [2.45, 2.75) is 75.9 Å². The molecule has 4 heteroatoms. The zero-order chi connectivity index (χ0) is 15.4. The number of hydrogen-bond donors (Lipinski definition) is 0. The van der Waals surface area contributed by atoms with Crippen molar-refractivity contribution in [3.05, 3.63) is 16.7 Å². The summed E-state index contributed by atoms with van der Waals surface area (Å²) in [6, 6.07) is 0. The van der Waals surface area contributed by atoms with E-state index in [1.54, 1.807) is 31.0 Å². The summed E-state index contributed by atoms with van der Waals surface area (Å²) in [5, 5.41) is 0. The molecule has 0 fully saturated rings. The lowest BCUT2D eigenvalue weighted by Gasteiger charge is -2.33. The third-order valence-corrected chi connectivity index (χ3v) is 10.1. The molecule has 0 bridgehead atoms. The van der Waals surface area contributed by atoms with Crippen LogP contribution >= 0.6 is 42.3 Å². The van der Waals surface area contributed by atoms with Gasteiger partial charge in [-0.1, -0.05) is 83.8 Å². The van der Waals surface area contributed by atoms with Gasteiger partial charge in [0.1, 0.15) is 0 Å². The summed E-state index contributed by atoms with van der Waals surface area (Å²) >= 11 is 0. The highest BCUT2D eigenvalue weighted by Crippen LogP contribution is 2.58. The fourth-order valence-corrected chi connectivity index (χ4v) is 8.56. The average molecular weight is 357 g/mol. The van der Waals surface area contributed by atoms with Crippen molar-refractivity contribution in [1.29, 1.82) is 0 Å². The van der Waals surface area contributed by atoms with Crippen LogP contribution in [0.2, 0.25) is 0 Å². The lowest BCUT2D eigenvalue weighted by atomic mass is 9.75. The molecule has 0 radical (unpaired) electrons. The van der Waals surface area contributed by atoms with Gasteiger partial charge in [0.2, 0.25) is 0 Å². The zero-order valence-electron chi connectivity index (χ0n) is 13.8. The summed E-state index contributed by atoms with van der Waals surface area (Å²) < 4.78 is 3.20. The molecule has 116 valence electrons. The Kier molecular flexibility index (Phi) is 4.22. The molecule has 21 heavy (non-hydrogen) atoms. The Balaban J connectivity index is 2.35. The maximum Gasteiger partial charge on any atom is 0.0609 e. The Labute approximate surface area is 143 Å². The molecule has 0 amide bonds. The van der Waals surface area contributed by atoms with Gasteiger partial charge in [0, 0.05) is 10.6 Å². The van der Waals surface area contributed by atoms with Crippen molar-refractivity contribution in [3.63, 3.8) is 0 Å². The number of benzene rings is 1. The molecule has 1 aliphatic heterocycles. The molecule has 0 unspecified atom stereocenters. The van der Waals surface area contributed by atoms with E-state index in [1.165, 1.54) is 18.6 Å². The minimum atomic E-state index is 0.287. The Morgan fingerprint density at radius 1 is 0.857 bits per heavy atom. The summed E-state index contributed by atoms with van der Waals surface area (Å²) in [6.07, 6.45) is 2.42. The van der Waals surface area contributed by atoms with Crippen molar-refractivity contribution in [2.75, 3.05) is 0 Å². The molecule has 0 spiro atoms. The zero-order valence-corrected chi connectivity index (χ0v) is 17.0. The molecular weight excluding hydrogens is 332 g/mol. The molecule has 2 aromatic rings. The van der Waals surface area contributed by atoms with Crippen LogP contribution in [0.5, 0.6) is 0 Å². The Morgan fingerprint density at radius 3 is 1.90 bits per heavy atom. The van der Waals surface area contributed by atoms with E-state index < -0.39 is 0 Å². The standard InChI is InChI=1S/C17H24S4/c1-7-16(3,4)11-10-9-18-19-13(10)12(17(5,6)8-2)15-14(11)20-21-15/h7-9H2,1-6H3. The van der Waals surface area contributed by atoms with Gasteiger partial charge in [-0.15, -0.1) is 0 Å². The first-order chi connectivity index (χ1) is 9.83. The second-order valence-corrected chi connectivity index (χ2v) is 11.7. The van der Waals surface area contributed by atoms with E-state index in [-0.39, 0.29) is 5.41 Å². The van der Waals surface area contributed by atoms with E-state index in [0.29, 0.717) is 5.41 Å². The van der Waals surface area contributed by atoms with Crippen LogP contribution in [0, 0.1) is 0 Å². The predicted octanol–water partition coefficient (Wildman–Crippen LogP) is 7.59. The molecule has 0 N–H and O–H groups in total. The SMILES string of the molecule is CCC(C)(C)c1c2c(c(C(C)(C)CC)c3ssc13)SSC2. The van der Waals surface area contributed by atoms with Crippen LogP contribution in [-0.2, 0) is 16.6 Å². The molecule has 0 aliphatic carbocycles. The van der Waals surface area contributed by atoms with Crippen molar-refractivity contribution in [2.24, 2.45) is 0 Å². The van der Waals surface area contributed by atoms with Gasteiger partial charge in [0.05, 0.1) is 9.40 Å². The minimum Gasteiger partial charge on any atom is -0.0841 e. The largest absolute Gasteiger partial charge is 0.0841 e. The van der Waals surface area contributed by atoms with E-state index in [4.69, 9.17) is 0 Å². The summed E-state index contributed by atoms with van der Waals surface area (Å²) in [7, 11) is 8.06. The van der Waals surface area contributed by atoms with E-state index in [1.807, 2.05) is 42.3 Å². The molecule has 2 heterocycles. The van der Waals surface area contributed by atoms with E-state index >= 15 is 0 Å².